The molecule has 1 saturated carbocycles. The molecule has 1 fully saturated rings. The van der Waals surface area contributed by atoms with Crippen molar-refractivity contribution in [2.75, 3.05) is 0 Å². The van der Waals surface area contributed by atoms with Gasteiger partial charge >= 0.3 is 0 Å². The van der Waals surface area contributed by atoms with Crippen LogP contribution in [0.3, 0.4) is 0 Å². The van der Waals surface area contributed by atoms with Crippen LogP contribution in [-0.2, 0) is 6.54 Å². The van der Waals surface area contributed by atoms with Crippen LogP contribution in [0.1, 0.15) is 25.8 Å². The number of rotatable bonds is 4. The van der Waals surface area contributed by atoms with Crippen LogP contribution in [0, 0.1) is 15.5 Å². The van der Waals surface area contributed by atoms with Gasteiger partial charge in [-0.1, -0.05) is 31.5 Å². The zero-order valence-corrected chi connectivity index (χ0v) is 10.6. The molecule has 1 atom stereocenters. The predicted molar refractivity (Wildman–Crippen MR) is 67.1 cm³/mol. The van der Waals surface area contributed by atoms with E-state index >= 15 is 0 Å². The van der Waals surface area contributed by atoms with Crippen LogP contribution in [0.2, 0.25) is 5.02 Å². The second kappa shape index (κ2) is 4.27. The monoisotopic (exact) mass is 254 g/mol. The molecule has 17 heavy (non-hydrogen) atoms. The van der Waals surface area contributed by atoms with Gasteiger partial charge in [-0.05, 0) is 17.9 Å². The lowest BCUT2D eigenvalue weighted by Gasteiger charge is -2.08. The largest absolute Gasteiger partial charge is 0.309 e. The maximum atomic E-state index is 10.9. The lowest BCUT2D eigenvalue weighted by Crippen LogP contribution is -2.20. The third-order valence-corrected chi connectivity index (χ3v) is 3.68. The fourth-order valence-corrected chi connectivity index (χ4v) is 2.17. The van der Waals surface area contributed by atoms with Crippen molar-refractivity contribution >= 4 is 17.3 Å². The molecule has 0 radical (unpaired) electrons. The highest BCUT2D eigenvalue weighted by Gasteiger charge is 2.45. The molecule has 0 saturated heterocycles. The maximum Gasteiger partial charge on any atom is 0.275 e. The quantitative estimate of drug-likeness (QED) is 0.663. The van der Waals surface area contributed by atoms with Crippen molar-refractivity contribution in [2.24, 2.45) is 5.41 Å². The molecule has 2 rings (SSSR count). The van der Waals surface area contributed by atoms with E-state index in [4.69, 9.17) is 11.6 Å². The van der Waals surface area contributed by atoms with Gasteiger partial charge in [0.05, 0.1) is 15.5 Å². The molecule has 0 bridgehead atoms. The zero-order chi connectivity index (χ0) is 12.6. The number of halogens is 1. The van der Waals surface area contributed by atoms with Gasteiger partial charge in [-0.2, -0.15) is 0 Å². The Balaban J connectivity index is 2.12. The van der Waals surface area contributed by atoms with Crippen molar-refractivity contribution in [3.05, 3.63) is 38.9 Å². The number of nitrogens with one attached hydrogen (secondary N) is 1. The van der Waals surface area contributed by atoms with Crippen molar-refractivity contribution in [2.45, 2.75) is 32.9 Å². The molecule has 1 N–H and O–H groups in total. The number of benzene rings is 1. The normalized spacial score (nSPS) is 21.2. The van der Waals surface area contributed by atoms with Crippen molar-refractivity contribution in [3.63, 3.8) is 0 Å². The lowest BCUT2D eigenvalue weighted by atomic mass is 10.1. The van der Waals surface area contributed by atoms with Gasteiger partial charge in [0, 0.05) is 18.7 Å². The summed E-state index contributed by atoms with van der Waals surface area (Å²) in [5.74, 6) is 0. The fourth-order valence-electron chi connectivity index (χ4n) is 1.93. The Labute approximate surface area is 105 Å². The van der Waals surface area contributed by atoms with E-state index in [2.05, 4.69) is 19.2 Å². The Kier molecular flexibility index (Phi) is 3.10. The summed E-state index contributed by atoms with van der Waals surface area (Å²) < 4.78 is 0. The Morgan fingerprint density at radius 3 is 2.76 bits per heavy atom. The number of nitro groups is 1. The van der Waals surface area contributed by atoms with Crippen molar-refractivity contribution < 1.29 is 4.92 Å². The molecule has 1 aromatic carbocycles. The summed E-state index contributed by atoms with van der Waals surface area (Å²) in [5.41, 5.74) is 0.959. The topological polar surface area (TPSA) is 55.2 Å². The molecule has 0 heterocycles. The van der Waals surface area contributed by atoms with Gasteiger partial charge in [0.2, 0.25) is 0 Å². The van der Waals surface area contributed by atoms with Gasteiger partial charge < -0.3 is 5.32 Å². The standard InChI is InChI=1S/C12H15ClN2O2/c1-12(2)6-11(12)14-7-8-9(13)4-3-5-10(8)15(16)17/h3-5,11,14H,6-7H2,1-2H3. The summed E-state index contributed by atoms with van der Waals surface area (Å²) in [5, 5.41) is 14.6. The number of hydrogen-bond acceptors (Lipinski definition) is 3. The SMILES string of the molecule is CC1(C)CC1NCc1c(Cl)cccc1[N+](=O)[O-]. The summed E-state index contributed by atoms with van der Waals surface area (Å²) in [4.78, 5) is 10.5. The highest BCUT2D eigenvalue weighted by atomic mass is 35.5. The summed E-state index contributed by atoms with van der Waals surface area (Å²) in [6.45, 7) is 4.79. The minimum absolute atomic E-state index is 0.0865. The minimum atomic E-state index is -0.388. The van der Waals surface area contributed by atoms with Crippen LogP contribution < -0.4 is 5.32 Å². The molecular formula is C12H15ClN2O2. The zero-order valence-electron chi connectivity index (χ0n) is 9.87. The van der Waals surface area contributed by atoms with Crippen LogP contribution in [0.5, 0.6) is 0 Å². The summed E-state index contributed by atoms with van der Waals surface area (Å²) >= 11 is 6.00. The van der Waals surface area contributed by atoms with E-state index in [1.165, 1.54) is 6.07 Å². The Morgan fingerprint density at radius 2 is 2.24 bits per heavy atom. The molecule has 4 nitrogen and oxygen atoms in total. The Hall–Kier alpha value is -1.13. The first kappa shape index (κ1) is 12.3. The molecule has 1 aliphatic carbocycles. The predicted octanol–water partition coefficient (Wildman–Crippen LogP) is 3.14. The number of nitrogens with zero attached hydrogens (tertiary/aromatic N) is 1. The average Bonchev–Trinajstić information content (AvgIpc) is 2.84. The van der Waals surface area contributed by atoms with Crippen molar-refractivity contribution in [1.82, 2.24) is 5.32 Å². The van der Waals surface area contributed by atoms with Crippen molar-refractivity contribution in [1.29, 1.82) is 0 Å². The van der Waals surface area contributed by atoms with E-state index in [1.54, 1.807) is 12.1 Å². The first-order chi connectivity index (χ1) is 7.92. The third kappa shape index (κ3) is 2.58. The van der Waals surface area contributed by atoms with Gasteiger partial charge in [-0.15, -0.1) is 0 Å². The van der Waals surface area contributed by atoms with E-state index in [1.807, 2.05) is 0 Å². The molecular weight excluding hydrogens is 240 g/mol. The Bertz CT molecular complexity index is 460. The van der Waals surface area contributed by atoms with Crippen LogP contribution >= 0.6 is 11.6 Å². The van der Waals surface area contributed by atoms with Crippen LogP contribution in [0.4, 0.5) is 5.69 Å². The highest BCUT2D eigenvalue weighted by Crippen LogP contribution is 2.45. The van der Waals surface area contributed by atoms with E-state index in [9.17, 15) is 10.1 Å². The van der Waals surface area contributed by atoms with Gasteiger partial charge in [0.25, 0.3) is 5.69 Å². The molecule has 0 aromatic heterocycles. The van der Waals surface area contributed by atoms with Gasteiger partial charge in [-0.25, -0.2) is 0 Å². The van der Waals surface area contributed by atoms with E-state index in [0.29, 0.717) is 28.6 Å². The smallest absolute Gasteiger partial charge is 0.275 e. The second-order valence-electron chi connectivity index (χ2n) is 5.12. The molecule has 1 unspecified atom stereocenters. The van der Waals surface area contributed by atoms with Crippen LogP contribution in [0.25, 0.3) is 0 Å². The number of nitro benzene ring substituents is 1. The first-order valence-electron chi connectivity index (χ1n) is 5.57. The Morgan fingerprint density at radius 1 is 1.59 bits per heavy atom. The third-order valence-electron chi connectivity index (χ3n) is 3.33. The van der Waals surface area contributed by atoms with E-state index in [-0.39, 0.29) is 10.6 Å². The average molecular weight is 255 g/mol. The highest BCUT2D eigenvalue weighted by molar-refractivity contribution is 6.31. The van der Waals surface area contributed by atoms with E-state index < -0.39 is 0 Å². The summed E-state index contributed by atoms with van der Waals surface area (Å²) in [6.07, 6.45) is 1.10. The molecule has 1 aromatic rings. The summed E-state index contributed by atoms with van der Waals surface area (Å²) in [6, 6.07) is 5.20. The summed E-state index contributed by atoms with van der Waals surface area (Å²) in [7, 11) is 0. The molecule has 1 aliphatic rings. The molecule has 0 amide bonds. The van der Waals surface area contributed by atoms with Gasteiger partial charge in [0.15, 0.2) is 0 Å². The van der Waals surface area contributed by atoms with Crippen LogP contribution in [0.15, 0.2) is 18.2 Å². The molecule has 92 valence electrons. The fraction of sp³-hybridized carbons (Fsp3) is 0.500. The lowest BCUT2D eigenvalue weighted by molar-refractivity contribution is -0.385. The molecule has 0 aliphatic heterocycles. The van der Waals surface area contributed by atoms with Gasteiger partial charge in [-0.3, -0.25) is 10.1 Å². The van der Waals surface area contributed by atoms with Crippen LogP contribution in [-0.4, -0.2) is 11.0 Å². The number of hydrogen-bond donors (Lipinski definition) is 1. The maximum absolute atomic E-state index is 10.9. The van der Waals surface area contributed by atoms with Crippen molar-refractivity contribution in [3.8, 4) is 0 Å². The minimum Gasteiger partial charge on any atom is -0.309 e. The van der Waals surface area contributed by atoms with Gasteiger partial charge in [0.1, 0.15) is 0 Å². The molecule has 5 heteroatoms. The van der Waals surface area contributed by atoms with E-state index in [0.717, 1.165) is 6.42 Å². The second-order valence-corrected chi connectivity index (χ2v) is 5.53. The molecule has 0 spiro atoms. The first-order valence-corrected chi connectivity index (χ1v) is 5.95.